The van der Waals surface area contributed by atoms with Gasteiger partial charge in [-0.1, -0.05) is 19.3 Å². The fraction of sp³-hybridized carbons (Fsp3) is 1.00. The van der Waals surface area contributed by atoms with Gasteiger partial charge in [0.15, 0.2) is 0 Å². The lowest BCUT2D eigenvalue weighted by molar-refractivity contribution is 0.394. The van der Waals surface area contributed by atoms with Crippen LogP contribution in [0.5, 0.6) is 0 Å². The van der Waals surface area contributed by atoms with Gasteiger partial charge in [-0.05, 0) is 19.9 Å². The first-order chi connectivity index (χ1) is 3.93. The fourth-order valence-electron chi connectivity index (χ4n) is 1.39. The lowest BCUT2D eigenvalue weighted by atomic mass is 9.96. The molecule has 0 amide bonds. The highest BCUT2D eigenvalue weighted by molar-refractivity contribution is 4.68. The summed E-state index contributed by atoms with van der Waals surface area (Å²) in [5, 5.41) is 3.30. The van der Waals surface area contributed by atoms with Crippen LogP contribution in [-0.4, -0.2) is 13.1 Å². The van der Waals surface area contributed by atoms with Gasteiger partial charge in [-0.2, -0.15) is 0 Å². The molecule has 0 spiro atoms. The summed E-state index contributed by atoms with van der Waals surface area (Å²) in [5.41, 5.74) is 0. The predicted octanol–water partition coefficient (Wildman–Crippen LogP) is 1.78. The van der Waals surface area contributed by atoms with E-state index in [9.17, 15) is 0 Å². The van der Waals surface area contributed by atoms with Crippen LogP contribution < -0.4 is 5.32 Å². The van der Waals surface area contributed by atoms with E-state index in [-0.39, 0.29) is 1.43 Å². The Labute approximate surface area is 53.0 Å². The van der Waals surface area contributed by atoms with E-state index in [0.29, 0.717) is 0 Å². The summed E-state index contributed by atoms with van der Waals surface area (Å²) < 4.78 is 0. The van der Waals surface area contributed by atoms with Gasteiger partial charge in [0.05, 0.1) is 0 Å². The van der Waals surface area contributed by atoms with Gasteiger partial charge in [0, 0.05) is 7.47 Å². The van der Waals surface area contributed by atoms with Crippen molar-refractivity contribution in [1.82, 2.24) is 5.32 Å². The minimum absolute atomic E-state index is 0. The van der Waals surface area contributed by atoms with E-state index in [0.717, 1.165) is 6.04 Å². The van der Waals surface area contributed by atoms with Crippen molar-refractivity contribution in [3.8, 4) is 0 Å². The second-order valence-electron chi connectivity index (χ2n) is 2.62. The zero-order valence-corrected chi connectivity index (χ0v) is 5.61. The van der Waals surface area contributed by atoms with Crippen molar-refractivity contribution >= 4 is 0 Å². The van der Waals surface area contributed by atoms with Gasteiger partial charge >= 0.3 is 0 Å². The van der Waals surface area contributed by atoms with Gasteiger partial charge < -0.3 is 5.32 Å². The first-order valence-corrected chi connectivity index (χ1v) is 3.61. The smallest absolute Gasteiger partial charge is 0.00640 e. The van der Waals surface area contributed by atoms with Crippen LogP contribution in [-0.2, 0) is 0 Å². The molecular weight excluding hydrogens is 98.1 g/mol. The van der Waals surface area contributed by atoms with Crippen molar-refractivity contribution < 1.29 is 1.43 Å². The van der Waals surface area contributed by atoms with Crippen molar-refractivity contribution in [2.24, 2.45) is 0 Å². The first kappa shape index (κ1) is 6.09. The van der Waals surface area contributed by atoms with Crippen LogP contribution in [0.1, 0.15) is 33.5 Å². The number of hydrogen-bond acceptors (Lipinski definition) is 1. The maximum Gasteiger partial charge on any atom is 0.00640 e. The Kier molecular flexibility index (Phi) is 2.34. The summed E-state index contributed by atoms with van der Waals surface area (Å²) in [6.45, 7) is 0. The fourth-order valence-corrected chi connectivity index (χ4v) is 1.39. The standard InChI is InChI=1S/C7H15N.H2/c1-8-7-5-3-2-4-6-7;/h7-8H,2-6H2,1H3;1H. The zero-order chi connectivity index (χ0) is 5.82. The van der Waals surface area contributed by atoms with E-state index < -0.39 is 0 Å². The molecule has 0 atom stereocenters. The van der Waals surface area contributed by atoms with Crippen molar-refractivity contribution in [2.45, 2.75) is 38.1 Å². The van der Waals surface area contributed by atoms with Crippen LogP contribution in [0.25, 0.3) is 0 Å². The molecule has 1 aliphatic carbocycles. The van der Waals surface area contributed by atoms with E-state index in [1.807, 2.05) is 0 Å². The van der Waals surface area contributed by atoms with Crippen LogP contribution in [0.4, 0.5) is 0 Å². The SMILES string of the molecule is CNC1CCCCC1.[HH]. The van der Waals surface area contributed by atoms with E-state index in [1.165, 1.54) is 32.1 Å². The topological polar surface area (TPSA) is 12.0 Å². The Morgan fingerprint density at radius 2 is 1.88 bits per heavy atom. The largest absolute Gasteiger partial charge is 0.317 e. The van der Waals surface area contributed by atoms with E-state index in [4.69, 9.17) is 0 Å². The lowest BCUT2D eigenvalue weighted by Crippen LogP contribution is -2.26. The lowest BCUT2D eigenvalue weighted by Gasteiger charge is -2.20. The van der Waals surface area contributed by atoms with Gasteiger partial charge in [0.2, 0.25) is 0 Å². The minimum atomic E-state index is 0. The van der Waals surface area contributed by atoms with E-state index in [2.05, 4.69) is 12.4 Å². The van der Waals surface area contributed by atoms with Gasteiger partial charge in [-0.25, -0.2) is 0 Å². The van der Waals surface area contributed by atoms with Crippen LogP contribution >= 0.6 is 0 Å². The molecule has 0 saturated heterocycles. The maximum absolute atomic E-state index is 3.30. The molecule has 8 heavy (non-hydrogen) atoms. The highest BCUT2D eigenvalue weighted by atomic mass is 14.9. The molecule has 0 radical (unpaired) electrons. The van der Waals surface area contributed by atoms with Crippen molar-refractivity contribution in [3.63, 3.8) is 0 Å². The molecule has 1 nitrogen and oxygen atoms in total. The molecule has 0 bridgehead atoms. The third kappa shape index (κ3) is 1.48. The molecule has 0 aromatic heterocycles. The summed E-state index contributed by atoms with van der Waals surface area (Å²) >= 11 is 0. The maximum atomic E-state index is 3.30. The summed E-state index contributed by atoms with van der Waals surface area (Å²) in [6.07, 6.45) is 7.13. The summed E-state index contributed by atoms with van der Waals surface area (Å²) in [7, 11) is 2.07. The molecule has 50 valence electrons. The molecule has 0 aromatic carbocycles. The second-order valence-corrected chi connectivity index (χ2v) is 2.62. The van der Waals surface area contributed by atoms with Gasteiger partial charge in [0.1, 0.15) is 0 Å². The molecular formula is C7H17N. The monoisotopic (exact) mass is 115 g/mol. The number of rotatable bonds is 1. The quantitative estimate of drug-likeness (QED) is 0.549. The summed E-state index contributed by atoms with van der Waals surface area (Å²) in [4.78, 5) is 0. The van der Waals surface area contributed by atoms with Gasteiger partial charge in [0.25, 0.3) is 0 Å². The highest BCUT2D eigenvalue weighted by Gasteiger charge is 2.09. The van der Waals surface area contributed by atoms with Crippen molar-refractivity contribution in [1.29, 1.82) is 0 Å². The second kappa shape index (κ2) is 3.08. The molecule has 1 heteroatoms. The summed E-state index contributed by atoms with van der Waals surface area (Å²) in [6, 6.07) is 0.837. The van der Waals surface area contributed by atoms with E-state index >= 15 is 0 Å². The van der Waals surface area contributed by atoms with Crippen molar-refractivity contribution in [2.75, 3.05) is 7.05 Å². The number of nitrogens with one attached hydrogen (secondary N) is 1. The molecule has 0 aliphatic heterocycles. The van der Waals surface area contributed by atoms with Crippen LogP contribution in [0.2, 0.25) is 0 Å². The molecule has 0 unspecified atom stereocenters. The average Bonchev–Trinajstić information content (AvgIpc) is 1.90. The molecule has 1 N–H and O–H groups in total. The minimum Gasteiger partial charge on any atom is -0.317 e. The summed E-state index contributed by atoms with van der Waals surface area (Å²) in [5.74, 6) is 0. The Morgan fingerprint density at radius 1 is 1.25 bits per heavy atom. The third-order valence-corrected chi connectivity index (χ3v) is 2.01. The first-order valence-electron chi connectivity index (χ1n) is 3.61. The third-order valence-electron chi connectivity index (χ3n) is 2.01. The average molecular weight is 115 g/mol. The highest BCUT2D eigenvalue weighted by Crippen LogP contribution is 2.16. The van der Waals surface area contributed by atoms with Crippen LogP contribution in [0.3, 0.4) is 0 Å². The van der Waals surface area contributed by atoms with Crippen LogP contribution in [0, 0.1) is 0 Å². The van der Waals surface area contributed by atoms with Crippen LogP contribution in [0.15, 0.2) is 0 Å². The molecule has 0 aromatic rings. The number of hydrogen-bond donors (Lipinski definition) is 1. The molecule has 1 fully saturated rings. The Hall–Kier alpha value is -0.0400. The van der Waals surface area contributed by atoms with Crippen molar-refractivity contribution in [3.05, 3.63) is 0 Å². The molecule has 1 aliphatic rings. The normalized spacial score (nSPS) is 23.6. The Bertz CT molecular complexity index is 59.9. The van der Waals surface area contributed by atoms with E-state index in [1.54, 1.807) is 0 Å². The molecule has 1 saturated carbocycles. The predicted molar refractivity (Wildman–Crippen MR) is 38.0 cm³/mol. The van der Waals surface area contributed by atoms with Gasteiger partial charge in [-0.15, -0.1) is 0 Å². The molecule has 1 rings (SSSR count). The van der Waals surface area contributed by atoms with Gasteiger partial charge in [-0.3, -0.25) is 0 Å². The zero-order valence-electron chi connectivity index (χ0n) is 5.61. The molecule has 0 heterocycles. The Balaban J connectivity index is 0.000000640. The Morgan fingerprint density at radius 3 is 2.25 bits per heavy atom.